The van der Waals surface area contributed by atoms with Crippen molar-refractivity contribution in [3.63, 3.8) is 0 Å². The Balaban J connectivity index is 2.13. The number of fused-ring (bicyclic) bond motifs is 3. The standard InChI is InChI=1S/C26H36O7/c1-8-13(2)21(27)15(4)23(29)33-26(6)22(28)20-16-11-9-10-14(3)19(16)18(32-7)12-17(20)25(5,31)24(26)30/h12-15,21,27,31H,8-11H2,1-7H3/t13-,14+,15+,21+,25?,26-/m0/s1. The van der Waals surface area contributed by atoms with E-state index < -0.39 is 40.8 Å². The molecule has 182 valence electrons. The smallest absolute Gasteiger partial charge is 0.312 e. The van der Waals surface area contributed by atoms with Gasteiger partial charge in [-0.25, -0.2) is 0 Å². The van der Waals surface area contributed by atoms with Crippen LogP contribution in [0.3, 0.4) is 0 Å². The average molecular weight is 461 g/mol. The van der Waals surface area contributed by atoms with Crippen molar-refractivity contribution in [2.45, 2.75) is 90.4 Å². The zero-order valence-electron chi connectivity index (χ0n) is 20.7. The maximum atomic E-state index is 13.8. The number of carbonyl (C=O) groups is 3. The maximum Gasteiger partial charge on any atom is 0.312 e. The van der Waals surface area contributed by atoms with Crippen LogP contribution in [0.1, 0.15) is 93.8 Å². The van der Waals surface area contributed by atoms with Crippen molar-refractivity contribution in [2.75, 3.05) is 7.11 Å². The van der Waals surface area contributed by atoms with Crippen LogP contribution < -0.4 is 4.74 Å². The highest BCUT2D eigenvalue weighted by Crippen LogP contribution is 2.48. The van der Waals surface area contributed by atoms with Crippen molar-refractivity contribution in [2.24, 2.45) is 11.8 Å². The number of Topliss-reactive ketones (excluding diaryl/α,β-unsaturated/α-hetero) is 2. The molecule has 1 aromatic carbocycles. The summed E-state index contributed by atoms with van der Waals surface area (Å²) in [7, 11) is 1.53. The SMILES string of the molecule is CC[C@H](C)[C@@H](O)[C@@H](C)C(=O)O[C@@]1(C)C(=O)c2c(cc(OC)c3c2CCC[C@H]3C)C(C)(O)C1=O. The van der Waals surface area contributed by atoms with Crippen LogP contribution >= 0.6 is 0 Å². The Morgan fingerprint density at radius 1 is 1.27 bits per heavy atom. The van der Waals surface area contributed by atoms with Crippen molar-refractivity contribution in [1.82, 2.24) is 0 Å². The number of ketones is 2. The van der Waals surface area contributed by atoms with E-state index in [-0.39, 0.29) is 23.0 Å². The van der Waals surface area contributed by atoms with Gasteiger partial charge in [-0.1, -0.05) is 27.2 Å². The molecular weight excluding hydrogens is 424 g/mol. The number of hydrogen-bond donors (Lipinski definition) is 2. The lowest BCUT2D eigenvalue weighted by Gasteiger charge is -2.42. The van der Waals surface area contributed by atoms with Crippen LogP contribution in [0.25, 0.3) is 0 Å². The molecule has 0 heterocycles. The van der Waals surface area contributed by atoms with Crippen molar-refractivity contribution < 1.29 is 34.1 Å². The van der Waals surface area contributed by atoms with E-state index >= 15 is 0 Å². The number of hydrogen-bond acceptors (Lipinski definition) is 7. The van der Waals surface area contributed by atoms with E-state index in [0.29, 0.717) is 18.6 Å². The fraction of sp³-hybridized carbons (Fsp3) is 0.654. The Kier molecular flexibility index (Phi) is 6.80. The van der Waals surface area contributed by atoms with Gasteiger partial charge in [-0.15, -0.1) is 0 Å². The number of carbonyl (C=O) groups excluding carboxylic acids is 3. The first kappa shape index (κ1) is 25.4. The fourth-order valence-electron chi connectivity index (χ4n) is 5.26. The minimum Gasteiger partial charge on any atom is -0.496 e. The zero-order chi connectivity index (χ0) is 24.9. The second-order valence-electron chi connectivity index (χ2n) is 10.0. The lowest BCUT2D eigenvalue weighted by Crippen LogP contribution is -2.60. The van der Waals surface area contributed by atoms with Crippen LogP contribution in [0, 0.1) is 11.8 Å². The van der Waals surface area contributed by atoms with Gasteiger partial charge in [0.05, 0.1) is 19.1 Å². The van der Waals surface area contributed by atoms with Gasteiger partial charge in [-0.05, 0) is 63.5 Å². The molecule has 0 fully saturated rings. The largest absolute Gasteiger partial charge is 0.496 e. The molecule has 6 atom stereocenters. The third-order valence-corrected chi connectivity index (χ3v) is 7.69. The van der Waals surface area contributed by atoms with E-state index in [1.165, 1.54) is 27.9 Å². The molecule has 0 aromatic heterocycles. The Bertz CT molecular complexity index is 979. The molecule has 0 aliphatic heterocycles. The lowest BCUT2D eigenvalue weighted by atomic mass is 9.66. The summed E-state index contributed by atoms with van der Waals surface area (Å²) in [6.45, 7) is 9.85. The van der Waals surface area contributed by atoms with Gasteiger partial charge in [0.1, 0.15) is 5.75 Å². The molecule has 0 saturated carbocycles. The summed E-state index contributed by atoms with van der Waals surface area (Å²) < 4.78 is 11.1. The predicted molar refractivity (Wildman–Crippen MR) is 122 cm³/mol. The summed E-state index contributed by atoms with van der Waals surface area (Å²) in [5.74, 6) is -2.80. The number of aliphatic hydroxyl groups excluding tert-OH is 1. The third-order valence-electron chi connectivity index (χ3n) is 7.69. The molecule has 2 aliphatic rings. The van der Waals surface area contributed by atoms with Crippen molar-refractivity contribution in [3.8, 4) is 5.75 Å². The van der Waals surface area contributed by atoms with Gasteiger partial charge >= 0.3 is 5.97 Å². The molecule has 0 radical (unpaired) electrons. The molecule has 2 aliphatic carbocycles. The Labute approximate surface area is 195 Å². The molecule has 33 heavy (non-hydrogen) atoms. The summed E-state index contributed by atoms with van der Waals surface area (Å²) in [4.78, 5) is 40.2. The van der Waals surface area contributed by atoms with Gasteiger partial charge in [0.15, 0.2) is 5.60 Å². The predicted octanol–water partition coefficient (Wildman–Crippen LogP) is 3.45. The monoisotopic (exact) mass is 460 g/mol. The zero-order valence-corrected chi connectivity index (χ0v) is 20.7. The molecule has 1 aromatic rings. The second-order valence-corrected chi connectivity index (χ2v) is 10.0. The highest BCUT2D eigenvalue weighted by Gasteiger charge is 2.60. The van der Waals surface area contributed by atoms with Crippen LogP contribution in [-0.4, -0.2) is 46.6 Å². The molecule has 1 unspecified atom stereocenters. The Hall–Kier alpha value is -2.25. The van der Waals surface area contributed by atoms with Crippen molar-refractivity contribution in [3.05, 3.63) is 28.3 Å². The maximum absolute atomic E-state index is 13.8. The Morgan fingerprint density at radius 2 is 1.91 bits per heavy atom. The van der Waals surface area contributed by atoms with E-state index in [1.54, 1.807) is 6.07 Å². The molecule has 7 heteroatoms. The molecule has 0 amide bonds. The summed E-state index contributed by atoms with van der Waals surface area (Å²) >= 11 is 0. The van der Waals surface area contributed by atoms with Gasteiger partial charge in [-0.2, -0.15) is 0 Å². The average Bonchev–Trinajstić information content (AvgIpc) is 2.79. The van der Waals surface area contributed by atoms with E-state index in [0.717, 1.165) is 24.0 Å². The summed E-state index contributed by atoms with van der Waals surface area (Å²) in [6.07, 6.45) is 2.06. The van der Waals surface area contributed by atoms with Gasteiger partial charge in [0.25, 0.3) is 0 Å². The summed E-state index contributed by atoms with van der Waals surface area (Å²) in [5.41, 5.74) is -2.18. The normalized spacial score (nSPS) is 29.5. The van der Waals surface area contributed by atoms with Gasteiger partial charge in [0.2, 0.25) is 17.2 Å². The van der Waals surface area contributed by atoms with Crippen LogP contribution in [0.2, 0.25) is 0 Å². The Morgan fingerprint density at radius 3 is 2.48 bits per heavy atom. The van der Waals surface area contributed by atoms with Gasteiger partial charge in [0, 0.05) is 16.7 Å². The number of ether oxygens (including phenoxy) is 2. The van der Waals surface area contributed by atoms with Gasteiger partial charge in [-0.3, -0.25) is 14.4 Å². The number of aliphatic hydroxyl groups is 2. The fourth-order valence-corrected chi connectivity index (χ4v) is 5.26. The van der Waals surface area contributed by atoms with E-state index in [4.69, 9.17) is 9.47 Å². The van der Waals surface area contributed by atoms with Crippen LogP contribution in [0.15, 0.2) is 6.07 Å². The lowest BCUT2D eigenvalue weighted by molar-refractivity contribution is -0.176. The molecular formula is C26H36O7. The first-order valence-corrected chi connectivity index (χ1v) is 11.8. The number of rotatable bonds is 6. The quantitative estimate of drug-likeness (QED) is 0.494. The molecule has 2 N–H and O–H groups in total. The van der Waals surface area contributed by atoms with E-state index in [2.05, 4.69) is 6.92 Å². The van der Waals surface area contributed by atoms with Crippen LogP contribution in [0.4, 0.5) is 0 Å². The van der Waals surface area contributed by atoms with Crippen LogP contribution in [0.5, 0.6) is 5.75 Å². The molecule has 0 bridgehead atoms. The first-order chi connectivity index (χ1) is 15.3. The highest BCUT2D eigenvalue weighted by atomic mass is 16.6. The first-order valence-electron chi connectivity index (χ1n) is 11.8. The minimum atomic E-state index is -2.19. The topological polar surface area (TPSA) is 110 Å². The van der Waals surface area contributed by atoms with Crippen LogP contribution in [-0.2, 0) is 26.3 Å². The summed E-state index contributed by atoms with van der Waals surface area (Å²) in [5, 5.41) is 21.8. The number of benzene rings is 1. The second kappa shape index (κ2) is 8.84. The van der Waals surface area contributed by atoms with Crippen molar-refractivity contribution in [1.29, 1.82) is 0 Å². The molecule has 0 spiro atoms. The highest BCUT2D eigenvalue weighted by molar-refractivity contribution is 6.25. The third kappa shape index (κ3) is 3.89. The van der Waals surface area contributed by atoms with Gasteiger partial charge < -0.3 is 19.7 Å². The van der Waals surface area contributed by atoms with E-state index in [1.807, 2.05) is 13.8 Å². The summed E-state index contributed by atoms with van der Waals surface area (Å²) in [6, 6.07) is 1.57. The molecule has 7 nitrogen and oxygen atoms in total. The van der Waals surface area contributed by atoms with Crippen molar-refractivity contribution >= 4 is 17.5 Å². The molecule has 3 rings (SSSR count). The number of methoxy groups -OCH3 is 1. The minimum absolute atomic E-state index is 0.142. The number of esters is 1. The van der Waals surface area contributed by atoms with E-state index in [9.17, 15) is 24.6 Å². The molecule has 0 saturated heterocycles.